The fourth-order valence-electron chi connectivity index (χ4n) is 2.51. The summed E-state index contributed by atoms with van der Waals surface area (Å²) in [6, 6.07) is 13.3. The molecule has 0 aliphatic carbocycles. The van der Waals surface area contributed by atoms with Gasteiger partial charge in [0.25, 0.3) is 11.6 Å². The van der Waals surface area contributed by atoms with Gasteiger partial charge in [0.15, 0.2) is 5.82 Å². The molecule has 0 bridgehead atoms. The maximum absolute atomic E-state index is 12.3. The van der Waals surface area contributed by atoms with Crippen LogP contribution >= 0.6 is 11.6 Å². The number of rotatable bonds is 5. The normalized spacial score (nSPS) is 10.5. The predicted molar refractivity (Wildman–Crippen MR) is 98.6 cm³/mol. The summed E-state index contributed by atoms with van der Waals surface area (Å²) in [5.41, 5.74) is 1.65. The first kappa shape index (κ1) is 17.6. The maximum atomic E-state index is 12.3. The van der Waals surface area contributed by atoms with Crippen molar-refractivity contribution < 1.29 is 9.72 Å². The lowest BCUT2D eigenvalue weighted by Gasteiger charge is -2.05. The van der Waals surface area contributed by atoms with E-state index in [1.54, 1.807) is 29.9 Å². The molecule has 0 aliphatic rings. The molecular weight excluding hydrogens is 356 g/mol. The van der Waals surface area contributed by atoms with Crippen LogP contribution in [0.4, 0.5) is 11.5 Å². The minimum absolute atomic E-state index is 0.0226. The molecule has 0 atom stereocenters. The van der Waals surface area contributed by atoms with Gasteiger partial charge < -0.3 is 5.32 Å². The smallest absolute Gasteiger partial charge is 0.272 e. The summed E-state index contributed by atoms with van der Waals surface area (Å²) in [5, 5.41) is 18.5. The van der Waals surface area contributed by atoms with E-state index >= 15 is 0 Å². The first-order valence-corrected chi connectivity index (χ1v) is 8.15. The number of carbonyl (C=O) groups is 1. The third kappa shape index (κ3) is 3.89. The van der Waals surface area contributed by atoms with Crippen LogP contribution in [0, 0.1) is 17.0 Å². The predicted octanol–water partition coefficient (Wildman–Crippen LogP) is 4.05. The van der Waals surface area contributed by atoms with E-state index in [9.17, 15) is 14.9 Å². The standard InChI is InChI=1S/C18H15ClN4O3/c1-12-10-13(6-7-16(12)23(25)26)18(24)20-17-8-9-22(21-17)11-14-4-2-3-5-15(14)19/h2-10H,11H2,1H3,(H,20,21,24). The number of aryl methyl sites for hydroxylation is 1. The Kier molecular flexibility index (Phi) is 4.99. The third-order valence-corrected chi connectivity index (χ3v) is 4.20. The van der Waals surface area contributed by atoms with E-state index in [0.29, 0.717) is 28.5 Å². The van der Waals surface area contributed by atoms with E-state index in [0.717, 1.165) is 5.56 Å². The van der Waals surface area contributed by atoms with Crippen LogP contribution in [0.5, 0.6) is 0 Å². The van der Waals surface area contributed by atoms with Gasteiger partial charge in [-0.1, -0.05) is 29.8 Å². The number of nitro benzene ring substituents is 1. The molecule has 0 spiro atoms. The van der Waals surface area contributed by atoms with Gasteiger partial charge in [-0.2, -0.15) is 5.10 Å². The highest BCUT2D eigenvalue weighted by Gasteiger charge is 2.14. The highest BCUT2D eigenvalue weighted by molar-refractivity contribution is 6.31. The second-order valence-electron chi connectivity index (χ2n) is 5.70. The van der Waals surface area contributed by atoms with Crippen LogP contribution in [0.25, 0.3) is 0 Å². The molecule has 7 nitrogen and oxygen atoms in total. The van der Waals surface area contributed by atoms with Gasteiger partial charge >= 0.3 is 0 Å². The van der Waals surface area contributed by atoms with Gasteiger partial charge in [0.1, 0.15) is 0 Å². The molecule has 0 saturated carbocycles. The van der Waals surface area contributed by atoms with Crippen LogP contribution in [0.15, 0.2) is 54.7 Å². The Bertz CT molecular complexity index is 984. The Morgan fingerprint density at radius 3 is 2.73 bits per heavy atom. The Morgan fingerprint density at radius 1 is 1.27 bits per heavy atom. The maximum Gasteiger partial charge on any atom is 0.272 e. The highest BCUT2D eigenvalue weighted by Crippen LogP contribution is 2.20. The van der Waals surface area contributed by atoms with Gasteiger partial charge in [0.2, 0.25) is 0 Å². The molecule has 3 aromatic rings. The first-order chi connectivity index (χ1) is 12.4. The number of hydrogen-bond donors (Lipinski definition) is 1. The van der Waals surface area contributed by atoms with Crippen molar-refractivity contribution in [2.75, 3.05) is 5.32 Å². The largest absolute Gasteiger partial charge is 0.305 e. The minimum atomic E-state index is -0.479. The second kappa shape index (κ2) is 7.37. The Morgan fingerprint density at radius 2 is 2.04 bits per heavy atom. The van der Waals surface area contributed by atoms with Gasteiger partial charge in [-0.3, -0.25) is 19.6 Å². The summed E-state index contributed by atoms with van der Waals surface area (Å²) in [6.07, 6.45) is 1.74. The van der Waals surface area contributed by atoms with Crippen molar-refractivity contribution in [2.45, 2.75) is 13.5 Å². The summed E-state index contributed by atoms with van der Waals surface area (Å²) in [7, 11) is 0. The fourth-order valence-corrected chi connectivity index (χ4v) is 2.70. The summed E-state index contributed by atoms with van der Waals surface area (Å²) in [5.74, 6) is 0.00375. The molecule has 1 N–H and O–H groups in total. The van der Waals surface area contributed by atoms with E-state index in [4.69, 9.17) is 11.6 Å². The number of anilines is 1. The van der Waals surface area contributed by atoms with Crippen molar-refractivity contribution in [1.29, 1.82) is 0 Å². The molecule has 1 heterocycles. The Hall–Kier alpha value is -3.19. The zero-order chi connectivity index (χ0) is 18.7. The number of nitrogens with zero attached hydrogens (tertiary/aromatic N) is 3. The number of amides is 1. The first-order valence-electron chi connectivity index (χ1n) is 7.77. The molecule has 0 fully saturated rings. The van der Waals surface area contributed by atoms with Crippen LogP contribution in [-0.4, -0.2) is 20.6 Å². The SMILES string of the molecule is Cc1cc(C(=O)Nc2ccn(Cc3ccccc3Cl)n2)ccc1[N+](=O)[O-]. The third-order valence-electron chi connectivity index (χ3n) is 3.83. The Labute approximate surface area is 154 Å². The molecule has 1 aromatic heterocycles. The number of hydrogen-bond acceptors (Lipinski definition) is 4. The molecule has 3 rings (SSSR count). The van der Waals surface area contributed by atoms with Crippen LogP contribution in [0.3, 0.4) is 0 Å². The number of halogens is 1. The van der Waals surface area contributed by atoms with Gasteiger partial charge in [-0.05, 0) is 30.7 Å². The van der Waals surface area contributed by atoms with E-state index < -0.39 is 4.92 Å². The zero-order valence-corrected chi connectivity index (χ0v) is 14.6. The highest BCUT2D eigenvalue weighted by atomic mass is 35.5. The average molecular weight is 371 g/mol. The Balaban J connectivity index is 1.71. The topological polar surface area (TPSA) is 90.1 Å². The number of aromatic nitrogens is 2. The van der Waals surface area contributed by atoms with Crippen molar-refractivity contribution in [1.82, 2.24) is 9.78 Å². The monoisotopic (exact) mass is 370 g/mol. The summed E-state index contributed by atoms with van der Waals surface area (Å²) in [6.45, 7) is 2.07. The molecule has 0 aliphatic heterocycles. The number of nitro groups is 1. The molecule has 0 saturated heterocycles. The van der Waals surface area contributed by atoms with Gasteiger partial charge in [-0.15, -0.1) is 0 Å². The van der Waals surface area contributed by atoms with E-state index in [2.05, 4.69) is 10.4 Å². The number of carbonyl (C=O) groups excluding carboxylic acids is 1. The molecule has 1 amide bonds. The van der Waals surface area contributed by atoms with Crippen molar-refractivity contribution in [3.63, 3.8) is 0 Å². The molecule has 8 heteroatoms. The van der Waals surface area contributed by atoms with Crippen LogP contribution in [-0.2, 0) is 6.54 Å². The lowest BCUT2D eigenvalue weighted by atomic mass is 10.1. The van der Waals surface area contributed by atoms with Crippen molar-refractivity contribution in [3.8, 4) is 0 Å². The molecular formula is C18H15ClN4O3. The molecule has 26 heavy (non-hydrogen) atoms. The second-order valence-corrected chi connectivity index (χ2v) is 6.11. The van der Waals surface area contributed by atoms with Crippen molar-refractivity contribution in [2.24, 2.45) is 0 Å². The summed E-state index contributed by atoms with van der Waals surface area (Å²) >= 11 is 6.14. The average Bonchev–Trinajstić information content (AvgIpc) is 3.03. The van der Waals surface area contributed by atoms with Crippen molar-refractivity contribution >= 4 is 29.0 Å². The fraction of sp³-hybridized carbons (Fsp3) is 0.111. The lowest BCUT2D eigenvalue weighted by Crippen LogP contribution is -2.13. The van der Waals surface area contributed by atoms with Crippen LogP contribution in [0.1, 0.15) is 21.5 Å². The van der Waals surface area contributed by atoms with E-state index in [1.165, 1.54) is 18.2 Å². The van der Waals surface area contributed by atoms with Crippen molar-refractivity contribution in [3.05, 3.63) is 86.6 Å². The molecule has 2 aromatic carbocycles. The van der Waals surface area contributed by atoms with Crippen LogP contribution < -0.4 is 5.32 Å². The zero-order valence-electron chi connectivity index (χ0n) is 13.8. The summed E-state index contributed by atoms with van der Waals surface area (Å²) < 4.78 is 1.66. The quantitative estimate of drug-likeness (QED) is 0.541. The van der Waals surface area contributed by atoms with Gasteiger partial charge in [0, 0.05) is 34.5 Å². The minimum Gasteiger partial charge on any atom is -0.305 e. The van der Waals surface area contributed by atoms with Crippen LogP contribution in [0.2, 0.25) is 5.02 Å². The number of benzene rings is 2. The molecule has 0 radical (unpaired) electrons. The van der Waals surface area contributed by atoms with Gasteiger partial charge in [0.05, 0.1) is 11.5 Å². The van der Waals surface area contributed by atoms with E-state index in [-0.39, 0.29) is 11.6 Å². The molecule has 0 unspecified atom stereocenters. The lowest BCUT2D eigenvalue weighted by molar-refractivity contribution is -0.385. The van der Waals surface area contributed by atoms with Gasteiger partial charge in [-0.25, -0.2) is 0 Å². The molecule has 132 valence electrons. The number of nitrogens with one attached hydrogen (secondary N) is 1. The summed E-state index contributed by atoms with van der Waals surface area (Å²) in [4.78, 5) is 22.7. The van der Waals surface area contributed by atoms with E-state index in [1.807, 2.05) is 18.2 Å².